The number of anilines is 1. The zero-order chi connectivity index (χ0) is 19.1. The SMILES string of the molecule is C=C(C)COc1ccc(NC(=S)NC(=O)c2ccc([N+](=O)[O-])cc2)cc1. The summed E-state index contributed by atoms with van der Waals surface area (Å²) < 4.78 is 5.50. The number of nitro benzene ring substituents is 1. The van der Waals surface area contributed by atoms with Crippen molar-refractivity contribution in [1.82, 2.24) is 5.32 Å². The number of benzene rings is 2. The van der Waals surface area contributed by atoms with E-state index in [4.69, 9.17) is 17.0 Å². The number of hydrogen-bond donors (Lipinski definition) is 2. The van der Waals surface area contributed by atoms with E-state index in [9.17, 15) is 14.9 Å². The second kappa shape index (κ2) is 8.72. The van der Waals surface area contributed by atoms with E-state index in [0.717, 1.165) is 5.57 Å². The van der Waals surface area contributed by atoms with Gasteiger partial charge in [0.25, 0.3) is 11.6 Å². The fourth-order valence-corrected chi connectivity index (χ4v) is 2.12. The predicted octanol–water partition coefficient (Wildman–Crippen LogP) is 3.68. The maximum atomic E-state index is 12.1. The topological polar surface area (TPSA) is 93.5 Å². The first-order valence-electron chi connectivity index (χ1n) is 7.59. The van der Waals surface area contributed by atoms with Gasteiger partial charge in [0.05, 0.1) is 4.92 Å². The van der Waals surface area contributed by atoms with Crippen LogP contribution < -0.4 is 15.4 Å². The summed E-state index contributed by atoms with van der Waals surface area (Å²) in [5, 5.41) is 16.1. The lowest BCUT2D eigenvalue weighted by atomic mass is 10.2. The Morgan fingerprint density at radius 1 is 1.19 bits per heavy atom. The highest BCUT2D eigenvalue weighted by atomic mass is 32.1. The zero-order valence-electron chi connectivity index (χ0n) is 14.0. The van der Waals surface area contributed by atoms with Crippen molar-refractivity contribution in [2.75, 3.05) is 11.9 Å². The standard InChI is InChI=1S/C18H17N3O4S/c1-12(2)11-25-16-9-5-14(6-10-16)19-18(26)20-17(22)13-3-7-15(8-4-13)21(23)24/h3-10H,1,11H2,2H3,(H2,19,20,22,26). The molecule has 7 nitrogen and oxygen atoms in total. The molecule has 0 saturated carbocycles. The van der Waals surface area contributed by atoms with Crippen LogP contribution in [0.1, 0.15) is 17.3 Å². The molecule has 2 N–H and O–H groups in total. The van der Waals surface area contributed by atoms with Gasteiger partial charge in [0.2, 0.25) is 0 Å². The quantitative estimate of drug-likeness (QED) is 0.348. The fraction of sp³-hybridized carbons (Fsp3) is 0.111. The Bertz CT molecular complexity index is 833. The number of carbonyl (C=O) groups excluding carboxylic acids is 1. The number of non-ortho nitro benzene ring substituents is 1. The molecule has 2 aromatic carbocycles. The molecular weight excluding hydrogens is 354 g/mol. The summed E-state index contributed by atoms with van der Waals surface area (Å²) in [5.74, 6) is 0.234. The Labute approximate surface area is 155 Å². The van der Waals surface area contributed by atoms with E-state index < -0.39 is 10.8 Å². The molecule has 0 bridgehead atoms. The number of amides is 1. The van der Waals surface area contributed by atoms with Crippen molar-refractivity contribution < 1.29 is 14.5 Å². The summed E-state index contributed by atoms with van der Waals surface area (Å²) in [6.45, 7) is 6.08. The molecule has 0 aliphatic rings. The van der Waals surface area contributed by atoms with Gasteiger partial charge < -0.3 is 10.1 Å². The van der Waals surface area contributed by atoms with Crippen LogP contribution in [-0.2, 0) is 0 Å². The molecule has 0 radical (unpaired) electrons. The first kappa shape index (κ1) is 19.1. The van der Waals surface area contributed by atoms with Gasteiger partial charge in [0.1, 0.15) is 12.4 Å². The van der Waals surface area contributed by atoms with Gasteiger partial charge in [-0.1, -0.05) is 6.58 Å². The molecule has 0 unspecified atom stereocenters. The lowest BCUT2D eigenvalue weighted by molar-refractivity contribution is -0.384. The van der Waals surface area contributed by atoms with E-state index >= 15 is 0 Å². The first-order chi connectivity index (χ1) is 12.3. The zero-order valence-corrected chi connectivity index (χ0v) is 14.8. The van der Waals surface area contributed by atoms with Gasteiger partial charge in [-0.05, 0) is 61.1 Å². The van der Waals surface area contributed by atoms with Crippen molar-refractivity contribution >= 4 is 34.6 Å². The average Bonchev–Trinajstić information content (AvgIpc) is 2.61. The first-order valence-corrected chi connectivity index (χ1v) is 8.00. The van der Waals surface area contributed by atoms with Crippen molar-refractivity contribution in [2.24, 2.45) is 0 Å². The van der Waals surface area contributed by atoms with Gasteiger partial charge in [-0.3, -0.25) is 20.2 Å². The van der Waals surface area contributed by atoms with Crippen LogP contribution in [-0.4, -0.2) is 22.5 Å². The number of thiocarbonyl (C=S) groups is 1. The van der Waals surface area contributed by atoms with Crippen LogP contribution in [0, 0.1) is 10.1 Å². The van der Waals surface area contributed by atoms with E-state index in [1.807, 2.05) is 6.92 Å². The molecule has 2 rings (SSSR count). The number of rotatable bonds is 6. The molecule has 26 heavy (non-hydrogen) atoms. The second-order valence-electron chi connectivity index (χ2n) is 5.48. The third kappa shape index (κ3) is 5.67. The van der Waals surface area contributed by atoms with Gasteiger partial charge in [0, 0.05) is 23.4 Å². The van der Waals surface area contributed by atoms with Crippen molar-refractivity contribution in [3.05, 3.63) is 76.4 Å². The van der Waals surface area contributed by atoms with Gasteiger partial charge in [-0.25, -0.2) is 0 Å². The largest absolute Gasteiger partial charge is 0.489 e. The molecule has 0 spiro atoms. The van der Waals surface area contributed by atoms with E-state index in [0.29, 0.717) is 18.0 Å². The van der Waals surface area contributed by atoms with E-state index in [-0.39, 0.29) is 16.4 Å². The van der Waals surface area contributed by atoms with Gasteiger partial charge >= 0.3 is 0 Å². The molecule has 0 aliphatic heterocycles. The maximum absolute atomic E-state index is 12.1. The van der Waals surface area contributed by atoms with Crippen molar-refractivity contribution in [3.63, 3.8) is 0 Å². The predicted molar refractivity (Wildman–Crippen MR) is 104 cm³/mol. The summed E-state index contributed by atoms with van der Waals surface area (Å²) in [5.41, 5.74) is 1.78. The Morgan fingerprint density at radius 3 is 2.35 bits per heavy atom. The third-order valence-corrected chi connectivity index (χ3v) is 3.37. The number of nitrogens with zero attached hydrogens (tertiary/aromatic N) is 1. The highest BCUT2D eigenvalue weighted by Crippen LogP contribution is 2.16. The van der Waals surface area contributed by atoms with Gasteiger partial charge in [-0.2, -0.15) is 0 Å². The van der Waals surface area contributed by atoms with E-state index in [1.54, 1.807) is 24.3 Å². The minimum atomic E-state index is -0.530. The molecule has 0 heterocycles. The number of carbonyl (C=O) groups is 1. The van der Waals surface area contributed by atoms with E-state index in [1.165, 1.54) is 24.3 Å². The summed E-state index contributed by atoms with van der Waals surface area (Å²) in [7, 11) is 0. The molecule has 8 heteroatoms. The fourth-order valence-electron chi connectivity index (χ4n) is 1.91. The molecular formula is C18H17N3O4S. The van der Waals surface area contributed by atoms with Crippen LogP contribution in [0.25, 0.3) is 0 Å². The Hall–Kier alpha value is -3.26. The molecule has 1 amide bonds. The van der Waals surface area contributed by atoms with Crippen LogP contribution in [0.4, 0.5) is 11.4 Å². The number of ether oxygens (including phenoxy) is 1. The molecule has 0 aromatic heterocycles. The normalized spacial score (nSPS) is 9.88. The minimum absolute atomic E-state index is 0.0868. The molecule has 0 atom stereocenters. The number of nitro groups is 1. The van der Waals surface area contributed by atoms with E-state index in [2.05, 4.69) is 17.2 Å². The van der Waals surface area contributed by atoms with Crippen molar-refractivity contribution in [3.8, 4) is 5.75 Å². The molecule has 134 valence electrons. The van der Waals surface area contributed by atoms with Gasteiger partial charge in [-0.15, -0.1) is 0 Å². The Balaban J connectivity index is 1.90. The highest BCUT2D eigenvalue weighted by Gasteiger charge is 2.11. The van der Waals surface area contributed by atoms with Crippen molar-refractivity contribution in [1.29, 1.82) is 0 Å². The summed E-state index contributed by atoms with van der Waals surface area (Å²) in [6, 6.07) is 12.3. The molecule has 2 aromatic rings. The number of nitrogens with one attached hydrogen (secondary N) is 2. The Kier molecular flexibility index (Phi) is 6.40. The summed E-state index contributed by atoms with van der Waals surface area (Å²) >= 11 is 5.10. The van der Waals surface area contributed by atoms with Crippen LogP contribution in [0.2, 0.25) is 0 Å². The van der Waals surface area contributed by atoms with Gasteiger partial charge in [0.15, 0.2) is 5.11 Å². The number of hydrogen-bond acceptors (Lipinski definition) is 5. The van der Waals surface area contributed by atoms with Crippen LogP contribution in [0.5, 0.6) is 5.75 Å². The minimum Gasteiger partial charge on any atom is -0.489 e. The monoisotopic (exact) mass is 371 g/mol. The third-order valence-electron chi connectivity index (χ3n) is 3.16. The lowest BCUT2D eigenvalue weighted by Gasteiger charge is -2.11. The average molecular weight is 371 g/mol. The Morgan fingerprint density at radius 2 is 1.81 bits per heavy atom. The van der Waals surface area contributed by atoms with Crippen LogP contribution in [0.15, 0.2) is 60.7 Å². The molecule has 0 saturated heterocycles. The van der Waals surface area contributed by atoms with Crippen LogP contribution >= 0.6 is 12.2 Å². The molecule has 0 fully saturated rings. The van der Waals surface area contributed by atoms with Crippen molar-refractivity contribution in [2.45, 2.75) is 6.92 Å². The summed E-state index contributed by atoms with van der Waals surface area (Å²) in [4.78, 5) is 22.2. The highest BCUT2D eigenvalue weighted by molar-refractivity contribution is 7.80. The smallest absolute Gasteiger partial charge is 0.269 e. The van der Waals surface area contributed by atoms with Crippen LogP contribution in [0.3, 0.4) is 0 Å². The second-order valence-corrected chi connectivity index (χ2v) is 5.89. The lowest BCUT2D eigenvalue weighted by Crippen LogP contribution is -2.34. The maximum Gasteiger partial charge on any atom is 0.269 e. The molecule has 0 aliphatic carbocycles. The summed E-state index contributed by atoms with van der Waals surface area (Å²) in [6.07, 6.45) is 0.